The Kier molecular flexibility index (Phi) is 2.76. The number of aliphatic hydroxyl groups excluding tert-OH is 2. The van der Waals surface area contributed by atoms with Crippen molar-refractivity contribution < 1.29 is 14.9 Å². The van der Waals surface area contributed by atoms with Gasteiger partial charge < -0.3 is 14.9 Å². The molecule has 3 atom stereocenters. The normalized spacial score (nSPS) is 37.2. The summed E-state index contributed by atoms with van der Waals surface area (Å²) < 4.78 is 5.25. The number of ether oxygens (including phenoxy) is 1. The number of aliphatic hydroxyl groups is 2. The molecule has 3 nitrogen and oxygen atoms in total. The van der Waals surface area contributed by atoms with E-state index in [-0.39, 0.29) is 18.1 Å². The highest BCUT2D eigenvalue weighted by Crippen LogP contribution is 2.27. The second-order valence-electron chi connectivity index (χ2n) is 4.69. The standard InChI is InChI=1S/C9H18O3/c1-9(2,3)4-7-8(11)6(10)5-12-7/h6-8,10-11H,4-5H2,1-3H3/t6-,7+,8-/m0/s1. The first-order valence-electron chi connectivity index (χ1n) is 4.38. The fourth-order valence-corrected chi connectivity index (χ4v) is 1.45. The van der Waals surface area contributed by atoms with Gasteiger partial charge in [-0.15, -0.1) is 0 Å². The molecule has 1 aliphatic rings. The summed E-state index contributed by atoms with van der Waals surface area (Å²) in [6.07, 6.45) is -0.813. The van der Waals surface area contributed by atoms with E-state index in [1.54, 1.807) is 0 Å². The number of hydrogen-bond donors (Lipinski definition) is 2. The predicted octanol–water partition coefficient (Wildman–Crippen LogP) is 0.543. The summed E-state index contributed by atoms with van der Waals surface area (Å²) in [6.45, 7) is 6.54. The van der Waals surface area contributed by atoms with Crippen molar-refractivity contribution >= 4 is 0 Å². The van der Waals surface area contributed by atoms with Gasteiger partial charge in [0, 0.05) is 0 Å². The second-order valence-corrected chi connectivity index (χ2v) is 4.69. The van der Waals surface area contributed by atoms with Gasteiger partial charge in [0.05, 0.1) is 12.7 Å². The van der Waals surface area contributed by atoms with Crippen molar-refractivity contribution in [1.82, 2.24) is 0 Å². The second kappa shape index (κ2) is 3.32. The molecule has 0 unspecified atom stereocenters. The van der Waals surface area contributed by atoms with Gasteiger partial charge in [-0.05, 0) is 11.8 Å². The lowest BCUT2D eigenvalue weighted by molar-refractivity contribution is 0.00371. The zero-order valence-corrected chi connectivity index (χ0v) is 7.95. The van der Waals surface area contributed by atoms with Crippen LogP contribution in [0, 0.1) is 5.41 Å². The molecule has 1 heterocycles. The molecule has 0 aromatic carbocycles. The Balaban J connectivity index is 2.44. The van der Waals surface area contributed by atoms with Crippen LogP contribution in [0.1, 0.15) is 27.2 Å². The third kappa shape index (κ3) is 2.44. The Bertz CT molecular complexity index is 150. The molecule has 0 radical (unpaired) electrons. The molecule has 2 N–H and O–H groups in total. The fraction of sp³-hybridized carbons (Fsp3) is 1.00. The van der Waals surface area contributed by atoms with E-state index in [1.165, 1.54) is 0 Å². The molecule has 1 saturated heterocycles. The van der Waals surface area contributed by atoms with Crippen molar-refractivity contribution in [3.05, 3.63) is 0 Å². The highest BCUT2D eigenvalue weighted by atomic mass is 16.5. The first-order chi connectivity index (χ1) is 5.40. The number of rotatable bonds is 1. The highest BCUT2D eigenvalue weighted by Gasteiger charge is 2.36. The molecular weight excluding hydrogens is 156 g/mol. The SMILES string of the molecule is CC(C)(C)C[C@H]1OC[C@H](O)[C@@H]1O. The van der Waals surface area contributed by atoms with Crippen molar-refractivity contribution in [2.24, 2.45) is 5.41 Å². The van der Waals surface area contributed by atoms with Gasteiger partial charge in [0.15, 0.2) is 0 Å². The van der Waals surface area contributed by atoms with E-state index >= 15 is 0 Å². The van der Waals surface area contributed by atoms with Gasteiger partial charge in [-0.3, -0.25) is 0 Å². The molecule has 1 aliphatic heterocycles. The van der Waals surface area contributed by atoms with Crippen molar-refractivity contribution in [3.8, 4) is 0 Å². The van der Waals surface area contributed by atoms with Crippen molar-refractivity contribution in [3.63, 3.8) is 0 Å². The van der Waals surface area contributed by atoms with Crippen LogP contribution >= 0.6 is 0 Å². The van der Waals surface area contributed by atoms with Crippen LogP contribution in [0.25, 0.3) is 0 Å². The Morgan fingerprint density at radius 3 is 2.25 bits per heavy atom. The lowest BCUT2D eigenvalue weighted by Crippen LogP contribution is -2.32. The third-order valence-corrected chi connectivity index (χ3v) is 2.07. The molecule has 0 aromatic heterocycles. The summed E-state index contributed by atoms with van der Waals surface area (Å²) in [5, 5.41) is 18.6. The quantitative estimate of drug-likeness (QED) is 0.610. The van der Waals surface area contributed by atoms with Gasteiger partial charge in [-0.2, -0.15) is 0 Å². The Labute approximate surface area is 73.4 Å². The molecule has 0 aromatic rings. The minimum atomic E-state index is -0.704. The summed E-state index contributed by atoms with van der Waals surface area (Å²) in [4.78, 5) is 0. The van der Waals surface area contributed by atoms with Gasteiger partial charge in [-0.25, -0.2) is 0 Å². The summed E-state index contributed by atoms with van der Waals surface area (Å²) in [5.74, 6) is 0. The lowest BCUT2D eigenvalue weighted by Gasteiger charge is -2.24. The highest BCUT2D eigenvalue weighted by molar-refractivity contribution is 4.85. The Morgan fingerprint density at radius 2 is 1.92 bits per heavy atom. The molecule has 0 amide bonds. The minimum absolute atomic E-state index is 0.135. The summed E-state index contributed by atoms with van der Waals surface area (Å²) >= 11 is 0. The molecule has 0 spiro atoms. The van der Waals surface area contributed by atoms with Crippen LogP contribution in [0.2, 0.25) is 0 Å². The van der Waals surface area contributed by atoms with Gasteiger partial charge in [0.2, 0.25) is 0 Å². The Hall–Kier alpha value is -0.120. The van der Waals surface area contributed by atoms with Crippen LogP contribution in [-0.4, -0.2) is 35.1 Å². The molecule has 72 valence electrons. The molecule has 1 rings (SSSR count). The van der Waals surface area contributed by atoms with E-state index in [9.17, 15) is 10.2 Å². The molecule has 1 fully saturated rings. The van der Waals surface area contributed by atoms with E-state index in [2.05, 4.69) is 20.8 Å². The zero-order valence-electron chi connectivity index (χ0n) is 7.95. The average molecular weight is 174 g/mol. The van der Waals surface area contributed by atoms with E-state index in [0.717, 1.165) is 6.42 Å². The smallest absolute Gasteiger partial charge is 0.108 e. The van der Waals surface area contributed by atoms with E-state index in [4.69, 9.17) is 4.74 Å². The zero-order chi connectivity index (χ0) is 9.35. The van der Waals surface area contributed by atoms with Crippen LogP contribution in [-0.2, 0) is 4.74 Å². The van der Waals surface area contributed by atoms with Gasteiger partial charge >= 0.3 is 0 Å². The molecule has 0 saturated carbocycles. The van der Waals surface area contributed by atoms with E-state index in [0.29, 0.717) is 0 Å². The van der Waals surface area contributed by atoms with Crippen LogP contribution in [0.15, 0.2) is 0 Å². The third-order valence-electron chi connectivity index (χ3n) is 2.07. The largest absolute Gasteiger partial charge is 0.388 e. The van der Waals surface area contributed by atoms with Crippen molar-refractivity contribution in [2.45, 2.75) is 45.5 Å². The van der Waals surface area contributed by atoms with Gasteiger partial charge in [-0.1, -0.05) is 20.8 Å². The maximum absolute atomic E-state index is 9.45. The maximum Gasteiger partial charge on any atom is 0.108 e. The average Bonchev–Trinajstić information content (AvgIpc) is 2.16. The Morgan fingerprint density at radius 1 is 1.33 bits per heavy atom. The van der Waals surface area contributed by atoms with Crippen LogP contribution < -0.4 is 0 Å². The van der Waals surface area contributed by atoms with Gasteiger partial charge in [0.25, 0.3) is 0 Å². The molecule has 0 aliphatic carbocycles. The van der Waals surface area contributed by atoms with Gasteiger partial charge in [0.1, 0.15) is 12.2 Å². The lowest BCUT2D eigenvalue weighted by atomic mass is 9.87. The maximum atomic E-state index is 9.45. The molecular formula is C9H18O3. The van der Waals surface area contributed by atoms with E-state index < -0.39 is 12.2 Å². The van der Waals surface area contributed by atoms with Crippen molar-refractivity contribution in [1.29, 1.82) is 0 Å². The molecule has 3 heteroatoms. The fourth-order valence-electron chi connectivity index (χ4n) is 1.45. The van der Waals surface area contributed by atoms with E-state index in [1.807, 2.05) is 0 Å². The summed E-state index contributed by atoms with van der Waals surface area (Å²) in [6, 6.07) is 0. The first-order valence-corrected chi connectivity index (χ1v) is 4.38. The van der Waals surface area contributed by atoms with Crippen molar-refractivity contribution in [2.75, 3.05) is 6.61 Å². The molecule has 0 bridgehead atoms. The molecule has 12 heavy (non-hydrogen) atoms. The topological polar surface area (TPSA) is 49.7 Å². The van der Waals surface area contributed by atoms with Crippen LogP contribution in [0.5, 0.6) is 0 Å². The van der Waals surface area contributed by atoms with Crippen LogP contribution in [0.4, 0.5) is 0 Å². The van der Waals surface area contributed by atoms with Crippen LogP contribution in [0.3, 0.4) is 0 Å². The minimum Gasteiger partial charge on any atom is -0.388 e. The summed E-state index contributed by atoms with van der Waals surface area (Å²) in [7, 11) is 0. The monoisotopic (exact) mass is 174 g/mol. The number of hydrogen-bond acceptors (Lipinski definition) is 3. The predicted molar refractivity (Wildman–Crippen MR) is 45.8 cm³/mol. The first kappa shape index (κ1) is 9.96. The summed E-state index contributed by atoms with van der Waals surface area (Å²) in [5.41, 5.74) is 0.135.